The standard InChI is InChI=1S/C22H26FNO4/c1-5-27-20-12-17(14-25)9-10-19(20)28-15-21(26)24(22(2,3)4)13-16-7-6-8-18(23)11-16/h6-12,14H,5,13,15H2,1-4H3. The Balaban J connectivity index is 2.15. The first-order chi connectivity index (χ1) is 13.2. The summed E-state index contributed by atoms with van der Waals surface area (Å²) in [5, 5.41) is 0. The van der Waals surface area contributed by atoms with Crippen LogP contribution in [0.3, 0.4) is 0 Å². The molecule has 0 N–H and O–H groups in total. The molecule has 2 aromatic rings. The average Bonchev–Trinajstić information content (AvgIpc) is 2.64. The lowest BCUT2D eigenvalue weighted by atomic mass is 10.0. The number of aldehydes is 1. The maximum absolute atomic E-state index is 13.5. The minimum absolute atomic E-state index is 0.201. The van der Waals surface area contributed by atoms with Crippen LogP contribution in [0.2, 0.25) is 0 Å². The first-order valence-corrected chi connectivity index (χ1v) is 9.14. The van der Waals surface area contributed by atoms with Gasteiger partial charge in [0.25, 0.3) is 5.91 Å². The zero-order chi connectivity index (χ0) is 20.7. The van der Waals surface area contributed by atoms with Gasteiger partial charge in [0, 0.05) is 17.6 Å². The van der Waals surface area contributed by atoms with Crippen molar-refractivity contribution in [2.75, 3.05) is 13.2 Å². The molecule has 0 fully saturated rings. The Hall–Kier alpha value is -2.89. The van der Waals surface area contributed by atoms with Crippen LogP contribution in [0.25, 0.3) is 0 Å². The van der Waals surface area contributed by atoms with Crippen molar-refractivity contribution in [3.63, 3.8) is 0 Å². The number of nitrogens with zero attached hydrogens (tertiary/aromatic N) is 1. The van der Waals surface area contributed by atoms with Crippen LogP contribution in [0.5, 0.6) is 11.5 Å². The Bertz CT molecular complexity index is 830. The van der Waals surface area contributed by atoms with Gasteiger partial charge >= 0.3 is 0 Å². The molecule has 0 aliphatic heterocycles. The SMILES string of the molecule is CCOc1cc(C=O)ccc1OCC(=O)N(Cc1cccc(F)c1)C(C)(C)C. The lowest BCUT2D eigenvalue weighted by Crippen LogP contribution is -2.47. The first kappa shape index (κ1) is 21.4. The van der Waals surface area contributed by atoms with Crippen molar-refractivity contribution in [3.8, 4) is 11.5 Å². The number of benzene rings is 2. The van der Waals surface area contributed by atoms with E-state index < -0.39 is 5.54 Å². The third-order valence-electron chi connectivity index (χ3n) is 4.10. The molecule has 0 aliphatic rings. The van der Waals surface area contributed by atoms with E-state index in [1.807, 2.05) is 27.7 Å². The minimum atomic E-state index is -0.475. The maximum Gasteiger partial charge on any atom is 0.261 e. The fourth-order valence-electron chi connectivity index (χ4n) is 2.72. The number of amides is 1. The van der Waals surface area contributed by atoms with E-state index in [2.05, 4.69) is 0 Å². The van der Waals surface area contributed by atoms with E-state index in [0.717, 1.165) is 6.29 Å². The molecule has 1 amide bonds. The van der Waals surface area contributed by atoms with Gasteiger partial charge in [-0.15, -0.1) is 0 Å². The van der Waals surface area contributed by atoms with E-state index >= 15 is 0 Å². The highest BCUT2D eigenvalue weighted by molar-refractivity contribution is 5.79. The van der Waals surface area contributed by atoms with E-state index in [9.17, 15) is 14.0 Å². The fraction of sp³-hybridized carbons (Fsp3) is 0.364. The van der Waals surface area contributed by atoms with Crippen LogP contribution < -0.4 is 9.47 Å². The van der Waals surface area contributed by atoms with Crippen molar-refractivity contribution in [2.45, 2.75) is 39.8 Å². The zero-order valence-electron chi connectivity index (χ0n) is 16.7. The molecule has 0 saturated carbocycles. The van der Waals surface area contributed by atoms with Gasteiger partial charge in [0.15, 0.2) is 18.1 Å². The summed E-state index contributed by atoms with van der Waals surface area (Å²) in [6.07, 6.45) is 0.720. The van der Waals surface area contributed by atoms with Crippen molar-refractivity contribution in [1.82, 2.24) is 4.90 Å². The van der Waals surface area contributed by atoms with Crippen LogP contribution in [0.15, 0.2) is 42.5 Å². The summed E-state index contributed by atoms with van der Waals surface area (Å²) in [4.78, 5) is 25.4. The van der Waals surface area contributed by atoms with Crippen LogP contribution in [0.4, 0.5) is 4.39 Å². The van der Waals surface area contributed by atoms with Crippen LogP contribution in [-0.4, -0.2) is 35.8 Å². The van der Waals surface area contributed by atoms with Gasteiger partial charge in [-0.25, -0.2) is 4.39 Å². The van der Waals surface area contributed by atoms with Crippen LogP contribution in [0, 0.1) is 5.82 Å². The maximum atomic E-state index is 13.5. The van der Waals surface area contributed by atoms with Gasteiger partial charge < -0.3 is 14.4 Å². The zero-order valence-corrected chi connectivity index (χ0v) is 16.7. The molecule has 6 heteroatoms. The lowest BCUT2D eigenvalue weighted by molar-refractivity contribution is -0.139. The van der Waals surface area contributed by atoms with Crippen molar-refractivity contribution >= 4 is 12.2 Å². The van der Waals surface area contributed by atoms with Gasteiger partial charge in [0.1, 0.15) is 12.1 Å². The molecule has 0 spiro atoms. The summed E-state index contributed by atoms with van der Waals surface area (Å²) in [5.41, 5.74) is 0.690. The molecule has 28 heavy (non-hydrogen) atoms. The summed E-state index contributed by atoms with van der Waals surface area (Å²) in [5.74, 6) is 0.220. The van der Waals surface area contributed by atoms with E-state index in [1.165, 1.54) is 12.1 Å². The Morgan fingerprint density at radius 1 is 1.11 bits per heavy atom. The van der Waals surface area contributed by atoms with E-state index in [0.29, 0.717) is 29.2 Å². The van der Waals surface area contributed by atoms with Crippen LogP contribution in [0.1, 0.15) is 43.6 Å². The topological polar surface area (TPSA) is 55.8 Å². The first-order valence-electron chi connectivity index (χ1n) is 9.14. The third-order valence-corrected chi connectivity index (χ3v) is 4.10. The average molecular weight is 387 g/mol. The van der Waals surface area contributed by atoms with Crippen molar-refractivity contribution in [2.24, 2.45) is 0 Å². The Kier molecular flexibility index (Phi) is 7.15. The molecule has 0 saturated heterocycles. The number of hydrogen-bond donors (Lipinski definition) is 0. The van der Waals surface area contributed by atoms with Crippen molar-refractivity contribution in [1.29, 1.82) is 0 Å². The number of carbonyl (C=O) groups excluding carboxylic acids is 2. The second-order valence-corrected chi connectivity index (χ2v) is 7.33. The van der Waals surface area contributed by atoms with Gasteiger partial charge in [-0.1, -0.05) is 12.1 Å². The van der Waals surface area contributed by atoms with Gasteiger partial charge in [0.05, 0.1) is 6.61 Å². The molecule has 0 radical (unpaired) electrons. The Morgan fingerprint density at radius 2 is 1.86 bits per heavy atom. The van der Waals surface area contributed by atoms with E-state index in [1.54, 1.807) is 35.2 Å². The molecule has 5 nitrogen and oxygen atoms in total. The molecular formula is C22H26FNO4. The predicted molar refractivity (Wildman–Crippen MR) is 105 cm³/mol. The summed E-state index contributed by atoms with van der Waals surface area (Å²) in [7, 11) is 0. The summed E-state index contributed by atoms with van der Waals surface area (Å²) < 4.78 is 24.7. The number of hydrogen-bond acceptors (Lipinski definition) is 4. The normalized spacial score (nSPS) is 11.0. The quantitative estimate of drug-likeness (QED) is 0.636. The molecular weight excluding hydrogens is 361 g/mol. The monoisotopic (exact) mass is 387 g/mol. The third kappa shape index (κ3) is 5.81. The van der Waals surface area contributed by atoms with Gasteiger partial charge in [0.2, 0.25) is 0 Å². The smallest absolute Gasteiger partial charge is 0.261 e. The van der Waals surface area contributed by atoms with Gasteiger partial charge in [-0.2, -0.15) is 0 Å². The Morgan fingerprint density at radius 3 is 2.46 bits per heavy atom. The molecule has 0 heterocycles. The number of ether oxygens (including phenoxy) is 2. The molecule has 0 bridgehead atoms. The largest absolute Gasteiger partial charge is 0.490 e. The lowest BCUT2D eigenvalue weighted by Gasteiger charge is -2.36. The second-order valence-electron chi connectivity index (χ2n) is 7.33. The second kappa shape index (κ2) is 9.35. The summed E-state index contributed by atoms with van der Waals surface area (Å²) >= 11 is 0. The van der Waals surface area contributed by atoms with Crippen molar-refractivity contribution in [3.05, 3.63) is 59.4 Å². The number of rotatable bonds is 8. The number of halogens is 1. The number of carbonyl (C=O) groups is 2. The summed E-state index contributed by atoms with van der Waals surface area (Å²) in [6, 6.07) is 11.0. The van der Waals surface area contributed by atoms with Crippen LogP contribution >= 0.6 is 0 Å². The Labute approximate surface area is 165 Å². The molecule has 0 aliphatic carbocycles. The van der Waals surface area contributed by atoms with E-state index in [-0.39, 0.29) is 24.9 Å². The highest BCUT2D eigenvalue weighted by atomic mass is 19.1. The highest BCUT2D eigenvalue weighted by Gasteiger charge is 2.27. The molecule has 0 unspecified atom stereocenters. The predicted octanol–water partition coefficient (Wildman–Crippen LogP) is 4.24. The molecule has 0 atom stereocenters. The van der Waals surface area contributed by atoms with Crippen molar-refractivity contribution < 1.29 is 23.5 Å². The molecule has 0 aromatic heterocycles. The fourth-order valence-corrected chi connectivity index (χ4v) is 2.72. The minimum Gasteiger partial charge on any atom is -0.490 e. The van der Waals surface area contributed by atoms with E-state index in [4.69, 9.17) is 9.47 Å². The molecule has 2 rings (SSSR count). The van der Waals surface area contributed by atoms with Gasteiger partial charge in [-0.3, -0.25) is 9.59 Å². The van der Waals surface area contributed by atoms with Gasteiger partial charge in [-0.05, 0) is 63.6 Å². The highest BCUT2D eigenvalue weighted by Crippen LogP contribution is 2.28. The van der Waals surface area contributed by atoms with Crippen LogP contribution in [-0.2, 0) is 11.3 Å². The molecule has 150 valence electrons. The summed E-state index contributed by atoms with van der Waals surface area (Å²) in [6.45, 7) is 8.03. The molecule has 2 aromatic carbocycles.